The number of amides is 2. The van der Waals surface area contributed by atoms with E-state index in [1.807, 2.05) is 13.8 Å². The predicted molar refractivity (Wildman–Crippen MR) is 69.6 cm³/mol. The maximum atomic E-state index is 11.6. The summed E-state index contributed by atoms with van der Waals surface area (Å²) in [7, 11) is 0. The summed E-state index contributed by atoms with van der Waals surface area (Å²) < 4.78 is 0. The molecule has 1 aromatic rings. The number of nitrogens with zero attached hydrogens (tertiary/aromatic N) is 1. The van der Waals surface area contributed by atoms with Crippen LogP contribution in [-0.4, -0.2) is 17.0 Å². The van der Waals surface area contributed by atoms with Gasteiger partial charge in [0.05, 0.1) is 4.92 Å². The van der Waals surface area contributed by atoms with Gasteiger partial charge in [-0.2, -0.15) is 0 Å². The monoisotopic (exact) mass is 251 g/mol. The Kier molecular flexibility index (Phi) is 5.10. The van der Waals surface area contributed by atoms with Crippen molar-refractivity contribution in [2.24, 2.45) is 0 Å². The van der Waals surface area contributed by atoms with Crippen LogP contribution in [0.5, 0.6) is 0 Å². The van der Waals surface area contributed by atoms with Gasteiger partial charge in [-0.1, -0.05) is 13.3 Å². The number of hydrogen-bond donors (Lipinski definition) is 2. The Morgan fingerprint density at radius 3 is 2.50 bits per heavy atom. The number of urea groups is 1. The molecule has 0 saturated heterocycles. The minimum Gasteiger partial charge on any atom is -0.335 e. The number of carbonyl (C=O) groups is 1. The van der Waals surface area contributed by atoms with Crippen LogP contribution >= 0.6 is 0 Å². The second kappa shape index (κ2) is 6.58. The van der Waals surface area contributed by atoms with Crippen LogP contribution in [-0.2, 0) is 0 Å². The van der Waals surface area contributed by atoms with Crippen LogP contribution < -0.4 is 10.6 Å². The average molecular weight is 251 g/mol. The van der Waals surface area contributed by atoms with Crippen LogP contribution in [0.3, 0.4) is 0 Å². The van der Waals surface area contributed by atoms with Crippen molar-refractivity contribution >= 4 is 17.4 Å². The van der Waals surface area contributed by atoms with Gasteiger partial charge < -0.3 is 10.6 Å². The van der Waals surface area contributed by atoms with Crippen LogP contribution in [0.1, 0.15) is 26.7 Å². The van der Waals surface area contributed by atoms with Crippen molar-refractivity contribution in [3.63, 3.8) is 0 Å². The number of benzene rings is 1. The number of carbonyl (C=O) groups excluding carboxylic acids is 1. The van der Waals surface area contributed by atoms with Gasteiger partial charge in [-0.05, 0) is 25.5 Å². The topological polar surface area (TPSA) is 84.3 Å². The lowest BCUT2D eigenvalue weighted by atomic mass is 10.2. The van der Waals surface area contributed by atoms with Gasteiger partial charge >= 0.3 is 6.03 Å². The number of hydrogen-bond acceptors (Lipinski definition) is 3. The molecule has 0 aromatic heterocycles. The van der Waals surface area contributed by atoms with Crippen LogP contribution in [0.4, 0.5) is 16.2 Å². The molecule has 6 nitrogen and oxygen atoms in total. The molecule has 0 aliphatic rings. The van der Waals surface area contributed by atoms with Crippen molar-refractivity contribution in [1.82, 2.24) is 5.32 Å². The first-order valence-corrected chi connectivity index (χ1v) is 5.85. The zero-order chi connectivity index (χ0) is 13.5. The molecule has 0 fully saturated rings. The van der Waals surface area contributed by atoms with Crippen LogP contribution in [0.25, 0.3) is 0 Å². The molecule has 0 radical (unpaired) electrons. The van der Waals surface area contributed by atoms with E-state index in [1.54, 1.807) is 0 Å². The van der Waals surface area contributed by atoms with E-state index in [9.17, 15) is 14.9 Å². The highest BCUT2D eigenvalue weighted by Gasteiger charge is 2.08. The average Bonchev–Trinajstić information content (AvgIpc) is 2.29. The van der Waals surface area contributed by atoms with Crippen LogP contribution in [0.2, 0.25) is 0 Å². The van der Waals surface area contributed by atoms with Gasteiger partial charge in [-0.25, -0.2) is 4.79 Å². The Bertz CT molecular complexity index is 417. The van der Waals surface area contributed by atoms with Crippen molar-refractivity contribution in [3.8, 4) is 0 Å². The molecule has 1 aromatic carbocycles. The second-order valence-electron chi connectivity index (χ2n) is 4.09. The third-order valence-electron chi connectivity index (χ3n) is 2.44. The summed E-state index contributed by atoms with van der Waals surface area (Å²) in [5.74, 6) is 0. The lowest BCUT2D eigenvalue weighted by molar-refractivity contribution is -0.384. The first-order valence-electron chi connectivity index (χ1n) is 5.85. The highest BCUT2D eigenvalue weighted by molar-refractivity contribution is 5.89. The second-order valence-corrected chi connectivity index (χ2v) is 4.09. The van der Waals surface area contributed by atoms with Crippen LogP contribution in [0.15, 0.2) is 24.3 Å². The molecular weight excluding hydrogens is 234 g/mol. The fraction of sp³-hybridized carbons (Fsp3) is 0.417. The van der Waals surface area contributed by atoms with E-state index in [-0.39, 0.29) is 17.8 Å². The van der Waals surface area contributed by atoms with E-state index in [4.69, 9.17) is 0 Å². The lowest BCUT2D eigenvalue weighted by Gasteiger charge is -2.13. The Morgan fingerprint density at radius 1 is 1.39 bits per heavy atom. The molecule has 2 N–H and O–H groups in total. The maximum Gasteiger partial charge on any atom is 0.319 e. The zero-order valence-electron chi connectivity index (χ0n) is 10.5. The molecule has 6 heteroatoms. The van der Waals surface area contributed by atoms with Crippen molar-refractivity contribution in [2.75, 3.05) is 5.32 Å². The number of nitrogens with one attached hydrogen (secondary N) is 2. The van der Waals surface area contributed by atoms with E-state index in [0.29, 0.717) is 5.69 Å². The number of rotatable bonds is 5. The summed E-state index contributed by atoms with van der Waals surface area (Å²) in [4.78, 5) is 21.5. The first-order chi connectivity index (χ1) is 8.52. The van der Waals surface area contributed by atoms with E-state index >= 15 is 0 Å². The van der Waals surface area contributed by atoms with Crippen LogP contribution in [0, 0.1) is 10.1 Å². The molecule has 98 valence electrons. The zero-order valence-corrected chi connectivity index (χ0v) is 10.5. The van der Waals surface area contributed by atoms with Crippen molar-refractivity contribution in [2.45, 2.75) is 32.7 Å². The molecule has 18 heavy (non-hydrogen) atoms. The molecule has 1 atom stereocenters. The van der Waals surface area contributed by atoms with Crippen molar-refractivity contribution < 1.29 is 9.72 Å². The van der Waals surface area contributed by atoms with Gasteiger partial charge in [0.2, 0.25) is 0 Å². The number of nitro groups is 1. The Hall–Kier alpha value is -2.11. The highest BCUT2D eigenvalue weighted by Crippen LogP contribution is 2.15. The van der Waals surface area contributed by atoms with E-state index in [1.165, 1.54) is 24.3 Å². The molecular formula is C12H17N3O3. The molecule has 0 saturated carbocycles. The largest absolute Gasteiger partial charge is 0.335 e. The van der Waals surface area contributed by atoms with Crippen molar-refractivity contribution in [3.05, 3.63) is 34.4 Å². The number of non-ortho nitro benzene ring substituents is 1. The third-order valence-corrected chi connectivity index (χ3v) is 2.44. The molecule has 0 aliphatic heterocycles. The summed E-state index contributed by atoms with van der Waals surface area (Å²) in [5, 5.41) is 15.9. The van der Waals surface area contributed by atoms with Gasteiger partial charge in [-0.15, -0.1) is 0 Å². The minimum absolute atomic E-state index is 0.000286. The van der Waals surface area contributed by atoms with Gasteiger partial charge in [0.1, 0.15) is 0 Å². The summed E-state index contributed by atoms with van der Waals surface area (Å²) in [6, 6.07) is 5.51. The van der Waals surface area contributed by atoms with Gasteiger partial charge in [0, 0.05) is 23.9 Å². The Morgan fingerprint density at radius 2 is 2.00 bits per heavy atom. The summed E-state index contributed by atoms with van der Waals surface area (Å²) in [6.45, 7) is 3.98. The maximum absolute atomic E-state index is 11.6. The van der Waals surface area contributed by atoms with E-state index in [0.717, 1.165) is 12.8 Å². The van der Waals surface area contributed by atoms with Crippen molar-refractivity contribution in [1.29, 1.82) is 0 Å². The van der Waals surface area contributed by atoms with Gasteiger partial charge in [-0.3, -0.25) is 10.1 Å². The normalized spacial score (nSPS) is 11.7. The van der Waals surface area contributed by atoms with Gasteiger partial charge in [0.25, 0.3) is 5.69 Å². The molecule has 0 spiro atoms. The molecule has 2 amide bonds. The fourth-order valence-electron chi connectivity index (χ4n) is 1.56. The SMILES string of the molecule is CCCC(C)NC(=O)Nc1ccc([N+](=O)[O-])cc1. The van der Waals surface area contributed by atoms with E-state index < -0.39 is 4.92 Å². The quantitative estimate of drug-likeness (QED) is 0.623. The fourth-order valence-corrected chi connectivity index (χ4v) is 1.56. The predicted octanol–water partition coefficient (Wildman–Crippen LogP) is 2.90. The summed E-state index contributed by atoms with van der Waals surface area (Å²) in [5.41, 5.74) is 0.530. The standard InChI is InChI=1S/C12H17N3O3/c1-3-4-9(2)13-12(16)14-10-5-7-11(8-6-10)15(17)18/h5-9H,3-4H2,1-2H3,(H2,13,14,16). The third kappa shape index (κ3) is 4.40. The molecule has 1 rings (SSSR count). The summed E-state index contributed by atoms with van der Waals surface area (Å²) in [6.07, 6.45) is 1.91. The number of anilines is 1. The molecule has 0 heterocycles. The molecule has 0 bridgehead atoms. The summed E-state index contributed by atoms with van der Waals surface area (Å²) >= 11 is 0. The Labute approximate surface area is 106 Å². The highest BCUT2D eigenvalue weighted by atomic mass is 16.6. The molecule has 0 aliphatic carbocycles. The lowest BCUT2D eigenvalue weighted by Crippen LogP contribution is -2.35. The first kappa shape index (κ1) is 14.0. The Balaban J connectivity index is 2.51. The van der Waals surface area contributed by atoms with E-state index in [2.05, 4.69) is 10.6 Å². The number of nitro benzene ring substituents is 1. The van der Waals surface area contributed by atoms with Gasteiger partial charge in [0.15, 0.2) is 0 Å². The minimum atomic E-state index is -0.479. The molecule has 1 unspecified atom stereocenters. The smallest absolute Gasteiger partial charge is 0.319 e.